The van der Waals surface area contributed by atoms with Crippen molar-refractivity contribution in [2.24, 2.45) is 0 Å². The zero-order valence-corrected chi connectivity index (χ0v) is 13.0. The largest absolute Gasteiger partial charge is 0.322 e. The number of para-hydroxylation sites is 1. The summed E-state index contributed by atoms with van der Waals surface area (Å²) in [6.45, 7) is 6.00. The number of carbonyl (C=O) groups is 1. The van der Waals surface area contributed by atoms with Gasteiger partial charge in [-0.1, -0.05) is 36.4 Å². The van der Waals surface area contributed by atoms with Crippen LogP contribution in [0.2, 0.25) is 0 Å². The highest BCUT2D eigenvalue weighted by molar-refractivity contribution is 6.06. The Morgan fingerprint density at radius 1 is 1.00 bits per heavy atom. The van der Waals surface area contributed by atoms with E-state index in [1.165, 1.54) is 0 Å². The Morgan fingerprint density at radius 3 is 2.24 bits per heavy atom. The van der Waals surface area contributed by atoms with Crippen molar-refractivity contribution in [3.63, 3.8) is 0 Å². The van der Waals surface area contributed by atoms with Crippen LogP contribution in [0.25, 0.3) is 0 Å². The molecule has 3 heteroatoms. The molecular formula is C18H22N2O. The van der Waals surface area contributed by atoms with E-state index in [4.69, 9.17) is 0 Å². The lowest BCUT2D eigenvalue weighted by Gasteiger charge is -2.17. The lowest BCUT2D eigenvalue weighted by Crippen LogP contribution is -2.19. The second-order valence-electron chi connectivity index (χ2n) is 5.32. The zero-order chi connectivity index (χ0) is 15.4. The number of amides is 1. The third-order valence-corrected chi connectivity index (χ3v) is 3.82. The summed E-state index contributed by atoms with van der Waals surface area (Å²) in [5, 5.41) is 6.25. The first-order valence-electron chi connectivity index (χ1n) is 7.18. The Hall–Kier alpha value is -2.13. The van der Waals surface area contributed by atoms with Crippen molar-refractivity contribution in [1.82, 2.24) is 5.32 Å². The number of carbonyl (C=O) groups excluding carboxylic acids is 1. The van der Waals surface area contributed by atoms with Gasteiger partial charge in [0.15, 0.2) is 0 Å². The lowest BCUT2D eigenvalue weighted by atomic mass is 10.0. The summed E-state index contributed by atoms with van der Waals surface area (Å²) in [7, 11) is 1.91. The van der Waals surface area contributed by atoms with Crippen LogP contribution >= 0.6 is 0 Å². The SMILES string of the molecule is CNC(C)c1ccccc1NC(=O)c1c(C)cccc1C. The Labute approximate surface area is 126 Å². The van der Waals surface area contributed by atoms with Crippen LogP contribution in [0, 0.1) is 13.8 Å². The van der Waals surface area contributed by atoms with Crippen molar-refractivity contribution < 1.29 is 4.79 Å². The van der Waals surface area contributed by atoms with Gasteiger partial charge in [0, 0.05) is 17.3 Å². The normalized spacial score (nSPS) is 12.0. The van der Waals surface area contributed by atoms with Gasteiger partial charge >= 0.3 is 0 Å². The topological polar surface area (TPSA) is 41.1 Å². The third kappa shape index (κ3) is 3.31. The molecule has 0 bridgehead atoms. The standard InChI is InChI=1S/C18H22N2O/c1-12-8-7-9-13(2)17(12)18(21)20-16-11-6-5-10-15(16)14(3)19-4/h5-11,14,19H,1-4H3,(H,20,21). The maximum Gasteiger partial charge on any atom is 0.256 e. The number of hydrogen-bond donors (Lipinski definition) is 2. The Morgan fingerprint density at radius 2 is 1.62 bits per heavy atom. The van der Waals surface area contributed by atoms with Gasteiger partial charge in [0.25, 0.3) is 5.91 Å². The van der Waals surface area contributed by atoms with Crippen LogP contribution in [0.15, 0.2) is 42.5 Å². The first kappa shape index (κ1) is 15.3. The fourth-order valence-electron chi connectivity index (χ4n) is 2.50. The molecule has 1 unspecified atom stereocenters. The van der Waals surface area contributed by atoms with E-state index < -0.39 is 0 Å². The Balaban J connectivity index is 2.33. The first-order chi connectivity index (χ1) is 10.0. The summed E-state index contributed by atoms with van der Waals surface area (Å²) >= 11 is 0. The van der Waals surface area contributed by atoms with Crippen LogP contribution in [-0.2, 0) is 0 Å². The predicted octanol–water partition coefficient (Wildman–Crippen LogP) is 3.84. The summed E-state index contributed by atoms with van der Waals surface area (Å²) in [5.74, 6) is -0.0543. The van der Waals surface area contributed by atoms with E-state index in [0.717, 1.165) is 27.9 Å². The number of anilines is 1. The molecular weight excluding hydrogens is 260 g/mol. The van der Waals surface area contributed by atoms with Gasteiger partial charge in [-0.15, -0.1) is 0 Å². The Kier molecular flexibility index (Phi) is 4.76. The van der Waals surface area contributed by atoms with Gasteiger partial charge in [0.2, 0.25) is 0 Å². The number of benzene rings is 2. The number of aryl methyl sites for hydroxylation is 2. The molecule has 0 fully saturated rings. The molecule has 0 aliphatic heterocycles. The first-order valence-corrected chi connectivity index (χ1v) is 7.18. The second kappa shape index (κ2) is 6.55. The van der Waals surface area contributed by atoms with E-state index in [0.29, 0.717) is 0 Å². The highest BCUT2D eigenvalue weighted by Crippen LogP contribution is 2.23. The average molecular weight is 282 g/mol. The molecule has 0 aliphatic carbocycles. The number of nitrogens with one attached hydrogen (secondary N) is 2. The van der Waals surface area contributed by atoms with Crippen molar-refractivity contribution in [1.29, 1.82) is 0 Å². The minimum Gasteiger partial charge on any atom is -0.322 e. The fourth-order valence-corrected chi connectivity index (χ4v) is 2.50. The van der Waals surface area contributed by atoms with Crippen molar-refractivity contribution in [3.8, 4) is 0 Å². The molecule has 3 nitrogen and oxygen atoms in total. The predicted molar refractivity (Wildman–Crippen MR) is 87.8 cm³/mol. The smallest absolute Gasteiger partial charge is 0.256 e. The molecule has 2 rings (SSSR count). The maximum absolute atomic E-state index is 12.6. The Bertz CT molecular complexity index is 629. The van der Waals surface area contributed by atoms with Gasteiger partial charge < -0.3 is 10.6 Å². The van der Waals surface area contributed by atoms with Crippen LogP contribution in [-0.4, -0.2) is 13.0 Å². The van der Waals surface area contributed by atoms with Crippen molar-refractivity contribution >= 4 is 11.6 Å². The molecule has 0 spiro atoms. The maximum atomic E-state index is 12.6. The molecule has 2 aromatic rings. The second-order valence-corrected chi connectivity index (χ2v) is 5.32. The van der Waals surface area contributed by atoms with Gasteiger partial charge in [-0.2, -0.15) is 0 Å². The van der Waals surface area contributed by atoms with E-state index in [2.05, 4.69) is 17.6 Å². The van der Waals surface area contributed by atoms with Crippen molar-refractivity contribution in [3.05, 3.63) is 64.7 Å². The molecule has 0 radical (unpaired) electrons. The summed E-state index contributed by atoms with van der Waals surface area (Å²) in [5.41, 5.74) is 4.68. The minimum absolute atomic E-state index is 0.0543. The van der Waals surface area contributed by atoms with E-state index in [9.17, 15) is 4.79 Å². The van der Waals surface area contributed by atoms with Crippen LogP contribution in [0.1, 0.15) is 40.0 Å². The fraction of sp³-hybridized carbons (Fsp3) is 0.278. The summed E-state index contributed by atoms with van der Waals surface area (Å²) < 4.78 is 0. The van der Waals surface area contributed by atoms with Gasteiger partial charge in [-0.25, -0.2) is 0 Å². The van der Waals surface area contributed by atoms with E-state index in [-0.39, 0.29) is 11.9 Å². The number of hydrogen-bond acceptors (Lipinski definition) is 2. The van der Waals surface area contributed by atoms with Crippen LogP contribution in [0.3, 0.4) is 0 Å². The van der Waals surface area contributed by atoms with Gasteiger partial charge in [0.1, 0.15) is 0 Å². The average Bonchev–Trinajstić information content (AvgIpc) is 2.47. The van der Waals surface area contributed by atoms with Crippen molar-refractivity contribution in [2.75, 3.05) is 12.4 Å². The summed E-state index contributed by atoms with van der Waals surface area (Å²) in [6.07, 6.45) is 0. The van der Waals surface area contributed by atoms with Crippen LogP contribution in [0.4, 0.5) is 5.69 Å². The molecule has 2 aromatic carbocycles. The highest BCUT2D eigenvalue weighted by Gasteiger charge is 2.15. The molecule has 0 saturated carbocycles. The van der Waals surface area contributed by atoms with Gasteiger partial charge in [0.05, 0.1) is 0 Å². The van der Waals surface area contributed by atoms with Crippen molar-refractivity contribution in [2.45, 2.75) is 26.8 Å². The van der Waals surface area contributed by atoms with E-state index >= 15 is 0 Å². The van der Waals surface area contributed by atoms with Gasteiger partial charge in [-0.3, -0.25) is 4.79 Å². The van der Waals surface area contributed by atoms with Crippen LogP contribution < -0.4 is 10.6 Å². The van der Waals surface area contributed by atoms with E-state index in [1.54, 1.807) is 0 Å². The van der Waals surface area contributed by atoms with Crippen LogP contribution in [0.5, 0.6) is 0 Å². The third-order valence-electron chi connectivity index (χ3n) is 3.82. The molecule has 0 heterocycles. The molecule has 0 aromatic heterocycles. The molecule has 0 saturated heterocycles. The molecule has 2 N–H and O–H groups in total. The highest BCUT2D eigenvalue weighted by atomic mass is 16.1. The molecule has 1 atom stereocenters. The van der Waals surface area contributed by atoms with Gasteiger partial charge in [-0.05, 0) is 50.6 Å². The molecule has 110 valence electrons. The zero-order valence-electron chi connectivity index (χ0n) is 13.0. The quantitative estimate of drug-likeness (QED) is 0.894. The molecule has 0 aliphatic rings. The molecule has 1 amide bonds. The molecule has 21 heavy (non-hydrogen) atoms. The number of rotatable bonds is 4. The summed E-state index contributed by atoms with van der Waals surface area (Å²) in [4.78, 5) is 12.6. The van der Waals surface area contributed by atoms with E-state index in [1.807, 2.05) is 63.4 Å². The minimum atomic E-state index is -0.0543. The lowest BCUT2D eigenvalue weighted by molar-refractivity contribution is 0.102. The monoisotopic (exact) mass is 282 g/mol. The summed E-state index contributed by atoms with van der Waals surface area (Å²) in [6, 6.07) is 14.0.